The van der Waals surface area contributed by atoms with Crippen molar-refractivity contribution < 1.29 is 4.74 Å². The van der Waals surface area contributed by atoms with Crippen molar-refractivity contribution in [1.29, 1.82) is 0 Å². The van der Waals surface area contributed by atoms with Gasteiger partial charge >= 0.3 is 0 Å². The highest BCUT2D eigenvalue weighted by Gasteiger charge is 2.10. The zero-order chi connectivity index (χ0) is 12.3. The predicted octanol–water partition coefficient (Wildman–Crippen LogP) is 1.36. The molecule has 5 nitrogen and oxygen atoms in total. The third-order valence-corrected chi connectivity index (χ3v) is 2.17. The molecule has 0 bridgehead atoms. The molecule has 0 amide bonds. The molecule has 0 saturated heterocycles. The van der Waals surface area contributed by atoms with E-state index in [9.17, 15) is 0 Å². The fraction of sp³-hybridized carbons (Fsp3) is 0.273. The Bertz CT molecular complexity index is 422. The molecule has 1 aromatic rings. The molecule has 8 N–H and O–H groups in total. The molecule has 88 valence electrons. The highest BCUT2D eigenvalue weighted by molar-refractivity contribution is 5.89. The second-order valence-corrected chi connectivity index (χ2v) is 3.80. The van der Waals surface area contributed by atoms with Crippen molar-refractivity contribution in [3.05, 3.63) is 17.7 Å². The molecule has 0 aliphatic heterocycles. The van der Waals surface area contributed by atoms with Crippen molar-refractivity contribution in [1.82, 2.24) is 0 Å². The summed E-state index contributed by atoms with van der Waals surface area (Å²) in [5.41, 5.74) is 25.2. The van der Waals surface area contributed by atoms with Gasteiger partial charge in [-0.25, -0.2) is 0 Å². The number of allylic oxidation sites excluding steroid dienone is 1. The Morgan fingerprint density at radius 2 is 1.75 bits per heavy atom. The van der Waals surface area contributed by atoms with E-state index in [2.05, 4.69) is 0 Å². The minimum Gasteiger partial charge on any atom is -0.487 e. The van der Waals surface area contributed by atoms with Crippen LogP contribution >= 0.6 is 0 Å². The molecular weight excluding hydrogens is 204 g/mol. The van der Waals surface area contributed by atoms with Crippen molar-refractivity contribution in [3.63, 3.8) is 0 Å². The van der Waals surface area contributed by atoms with Gasteiger partial charge in [0.25, 0.3) is 0 Å². The van der Waals surface area contributed by atoms with E-state index >= 15 is 0 Å². The molecule has 0 aromatic heterocycles. The molecule has 1 rings (SSSR count). The molecule has 0 heterocycles. The zero-order valence-corrected chi connectivity index (χ0v) is 9.58. The van der Waals surface area contributed by atoms with Gasteiger partial charge in [0.05, 0.1) is 22.7 Å². The topological polar surface area (TPSA) is 113 Å². The SMILES string of the molecule is CC(C)=CCOc1cc(N)c(N)c(N)c1N. The predicted molar refractivity (Wildman–Crippen MR) is 69.0 cm³/mol. The van der Waals surface area contributed by atoms with Gasteiger partial charge < -0.3 is 27.7 Å². The zero-order valence-electron chi connectivity index (χ0n) is 9.58. The van der Waals surface area contributed by atoms with E-state index in [1.54, 1.807) is 6.07 Å². The first kappa shape index (κ1) is 12.0. The van der Waals surface area contributed by atoms with E-state index in [4.69, 9.17) is 27.7 Å². The molecule has 0 atom stereocenters. The molecule has 0 saturated carbocycles. The standard InChI is InChI=1S/C11H18N4O/c1-6(2)3-4-16-8-5-7(12)9(13)11(15)10(8)14/h3,5H,4,12-15H2,1-2H3. The number of nitrogens with two attached hydrogens (primary N) is 4. The van der Waals surface area contributed by atoms with Crippen LogP contribution in [0.1, 0.15) is 13.8 Å². The maximum Gasteiger partial charge on any atom is 0.147 e. The molecule has 1 aromatic carbocycles. The highest BCUT2D eigenvalue weighted by Crippen LogP contribution is 2.36. The lowest BCUT2D eigenvalue weighted by Gasteiger charge is -2.13. The van der Waals surface area contributed by atoms with Crippen molar-refractivity contribution in [2.24, 2.45) is 0 Å². The molecule has 0 unspecified atom stereocenters. The van der Waals surface area contributed by atoms with Gasteiger partial charge in [-0.05, 0) is 19.9 Å². The third-order valence-electron chi connectivity index (χ3n) is 2.17. The summed E-state index contributed by atoms with van der Waals surface area (Å²) in [5, 5.41) is 0. The monoisotopic (exact) mass is 222 g/mol. The highest BCUT2D eigenvalue weighted by atomic mass is 16.5. The molecule has 0 aliphatic rings. The summed E-state index contributed by atoms with van der Waals surface area (Å²) in [4.78, 5) is 0. The third kappa shape index (κ3) is 2.50. The van der Waals surface area contributed by atoms with E-state index in [0.29, 0.717) is 29.4 Å². The first-order chi connectivity index (χ1) is 7.43. The van der Waals surface area contributed by atoms with Gasteiger partial charge in [0.15, 0.2) is 0 Å². The van der Waals surface area contributed by atoms with Crippen LogP contribution < -0.4 is 27.7 Å². The summed E-state index contributed by atoms with van der Waals surface area (Å²) in [6, 6.07) is 1.58. The number of hydrogen-bond acceptors (Lipinski definition) is 5. The fourth-order valence-electron chi connectivity index (χ4n) is 1.15. The van der Waals surface area contributed by atoms with Crippen molar-refractivity contribution in [2.45, 2.75) is 13.8 Å². The summed E-state index contributed by atoms with van der Waals surface area (Å²) >= 11 is 0. The lowest BCUT2D eigenvalue weighted by molar-refractivity contribution is 0.364. The molecule has 0 spiro atoms. The smallest absolute Gasteiger partial charge is 0.147 e. The van der Waals surface area contributed by atoms with Crippen LogP contribution in [0.3, 0.4) is 0 Å². The first-order valence-corrected chi connectivity index (χ1v) is 4.92. The van der Waals surface area contributed by atoms with E-state index < -0.39 is 0 Å². The molecular formula is C11H18N4O. The van der Waals surface area contributed by atoms with Crippen LogP contribution in [0.5, 0.6) is 5.75 Å². The van der Waals surface area contributed by atoms with Crippen LogP contribution in [0.2, 0.25) is 0 Å². The van der Waals surface area contributed by atoms with Gasteiger partial charge in [0.1, 0.15) is 12.4 Å². The maximum absolute atomic E-state index is 5.76. The summed E-state index contributed by atoms with van der Waals surface area (Å²) < 4.78 is 5.45. The molecule has 0 radical (unpaired) electrons. The van der Waals surface area contributed by atoms with Gasteiger partial charge in [-0.15, -0.1) is 0 Å². The summed E-state index contributed by atoms with van der Waals surface area (Å²) in [6.07, 6.45) is 1.93. The summed E-state index contributed by atoms with van der Waals surface area (Å²) in [5.74, 6) is 0.460. The van der Waals surface area contributed by atoms with E-state index in [1.165, 1.54) is 0 Å². The van der Waals surface area contributed by atoms with Gasteiger partial charge in [-0.3, -0.25) is 0 Å². The first-order valence-electron chi connectivity index (χ1n) is 4.92. The van der Waals surface area contributed by atoms with E-state index in [-0.39, 0.29) is 5.69 Å². The Labute approximate surface area is 95.0 Å². The second-order valence-electron chi connectivity index (χ2n) is 3.80. The quantitative estimate of drug-likeness (QED) is 0.455. The fourth-order valence-corrected chi connectivity index (χ4v) is 1.15. The molecule has 0 fully saturated rings. The molecule has 5 heteroatoms. The number of anilines is 4. The number of nitrogen functional groups attached to an aromatic ring is 4. The van der Waals surface area contributed by atoms with Crippen LogP contribution in [0.25, 0.3) is 0 Å². The molecule has 16 heavy (non-hydrogen) atoms. The van der Waals surface area contributed by atoms with Gasteiger partial charge in [0, 0.05) is 6.07 Å². The maximum atomic E-state index is 5.76. The van der Waals surface area contributed by atoms with Crippen LogP contribution in [-0.2, 0) is 0 Å². The second kappa shape index (κ2) is 4.65. The van der Waals surface area contributed by atoms with Gasteiger partial charge in [-0.2, -0.15) is 0 Å². The summed E-state index contributed by atoms with van der Waals surface area (Å²) in [6.45, 7) is 4.40. The van der Waals surface area contributed by atoms with Crippen molar-refractivity contribution in [3.8, 4) is 5.75 Å². The van der Waals surface area contributed by atoms with Crippen LogP contribution in [-0.4, -0.2) is 6.61 Å². The van der Waals surface area contributed by atoms with E-state index in [0.717, 1.165) is 5.57 Å². The average molecular weight is 222 g/mol. The Morgan fingerprint density at radius 3 is 2.31 bits per heavy atom. The number of rotatable bonds is 3. The summed E-state index contributed by atoms with van der Waals surface area (Å²) in [7, 11) is 0. The number of ether oxygens (including phenoxy) is 1. The lowest BCUT2D eigenvalue weighted by atomic mass is 10.2. The average Bonchev–Trinajstić information content (AvgIpc) is 2.22. The Hall–Kier alpha value is -2.04. The van der Waals surface area contributed by atoms with Crippen LogP contribution in [0, 0.1) is 0 Å². The minimum atomic E-state index is 0.271. The Morgan fingerprint density at radius 1 is 1.12 bits per heavy atom. The Kier molecular flexibility index (Phi) is 3.50. The van der Waals surface area contributed by atoms with Gasteiger partial charge in [0.2, 0.25) is 0 Å². The van der Waals surface area contributed by atoms with Crippen LogP contribution in [0.15, 0.2) is 17.7 Å². The number of benzene rings is 1. The van der Waals surface area contributed by atoms with E-state index in [1.807, 2.05) is 19.9 Å². The molecule has 0 aliphatic carbocycles. The number of hydrogen-bond donors (Lipinski definition) is 4. The van der Waals surface area contributed by atoms with Crippen LogP contribution in [0.4, 0.5) is 22.7 Å². The lowest BCUT2D eigenvalue weighted by Crippen LogP contribution is -2.07. The van der Waals surface area contributed by atoms with Gasteiger partial charge in [-0.1, -0.05) is 5.57 Å². The van der Waals surface area contributed by atoms with Crippen molar-refractivity contribution >= 4 is 22.7 Å². The minimum absolute atomic E-state index is 0.271. The largest absolute Gasteiger partial charge is 0.487 e. The van der Waals surface area contributed by atoms with Crippen molar-refractivity contribution in [2.75, 3.05) is 29.5 Å². The normalized spacial score (nSPS) is 9.88. The Balaban J connectivity index is 2.93.